The van der Waals surface area contributed by atoms with Crippen LogP contribution < -0.4 is 5.73 Å². The second kappa shape index (κ2) is 5.09. The molecule has 0 saturated carbocycles. The van der Waals surface area contributed by atoms with Gasteiger partial charge in [-0.25, -0.2) is 8.42 Å². The van der Waals surface area contributed by atoms with Crippen LogP contribution in [-0.4, -0.2) is 31.6 Å². The molecule has 2 rings (SSSR count). The van der Waals surface area contributed by atoms with Gasteiger partial charge < -0.3 is 10.8 Å². The molecule has 0 bridgehead atoms. The maximum absolute atomic E-state index is 11.7. The normalized spacial score (nSPS) is 27.6. The highest BCUT2D eigenvalue weighted by molar-refractivity contribution is 7.91. The average molecular weight is 317 g/mol. The SMILES string of the molecule is CC(C)(C)c1ccc(C(O)C2(CN)CCS(=O)(=O)C2)s1. The van der Waals surface area contributed by atoms with Gasteiger partial charge in [0.1, 0.15) is 0 Å². The van der Waals surface area contributed by atoms with E-state index < -0.39 is 21.4 Å². The van der Waals surface area contributed by atoms with Crippen LogP contribution in [0.25, 0.3) is 0 Å². The van der Waals surface area contributed by atoms with Crippen molar-refractivity contribution < 1.29 is 13.5 Å². The summed E-state index contributed by atoms with van der Waals surface area (Å²) in [6.07, 6.45) is -0.360. The predicted molar refractivity (Wildman–Crippen MR) is 82.7 cm³/mol. The third kappa shape index (κ3) is 2.93. The van der Waals surface area contributed by atoms with E-state index in [1.165, 1.54) is 4.88 Å². The molecule has 1 aliphatic rings. The molecule has 1 fully saturated rings. The summed E-state index contributed by atoms with van der Waals surface area (Å²) in [7, 11) is -3.08. The summed E-state index contributed by atoms with van der Waals surface area (Å²) in [4.78, 5) is 2.00. The van der Waals surface area contributed by atoms with Gasteiger partial charge in [0, 0.05) is 21.7 Å². The maximum atomic E-state index is 11.7. The van der Waals surface area contributed by atoms with Gasteiger partial charge in [0.05, 0.1) is 17.6 Å². The number of nitrogens with two attached hydrogens (primary N) is 1. The van der Waals surface area contributed by atoms with Crippen LogP contribution in [-0.2, 0) is 15.3 Å². The third-order valence-electron chi connectivity index (χ3n) is 4.04. The summed E-state index contributed by atoms with van der Waals surface area (Å²) in [5.74, 6) is 0.110. The van der Waals surface area contributed by atoms with E-state index in [0.29, 0.717) is 6.42 Å². The number of aliphatic hydroxyl groups is 1. The van der Waals surface area contributed by atoms with Gasteiger partial charge >= 0.3 is 0 Å². The van der Waals surface area contributed by atoms with E-state index >= 15 is 0 Å². The zero-order valence-electron chi connectivity index (χ0n) is 12.2. The first kappa shape index (κ1) is 15.9. The van der Waals surface area contributed by atoms with Gasteiger partial charge in [-0.15, -0.1) is 11.3 Å². The van der Waals surface area contributed by atoms with Gasteiger partial charge in [0.15, 0.2) is 9.84 Å². The van der Waals surface area contributed by atoms with E-state index in [9.17, 15) is 13.5 Å². The first-order chi connectivity index (χ1) is 9.10. The van der Waals surface area contributed by atoms with Gasteiger partial charge in [-0.05, 0) is 24.0 Å². The Kier molecular flexibility index (Phi) is 4.06. The number of aliphatic hydroxyl groups excluding tert-OH is 1. The molecule has 0 spiro atoms. The lowest BCUT2D eigenvalue weighted by Crippen LogP contribution is -2.37. The average Bonchev–Trinajstić information content (AvgIpc) is 2.92. The highest BCUT2D eigenvalue weighted by Crippen LogP contribution is 2.45. The van der Waals surface area contributed by atoms with E-state index in [1.54, 1.807) is 11.3 Å². The minimum atomic E-state index is -3.08. The van der Waals surface area contributed by atoms with Gasteiger partial charge in [-0.1, -0.05) is 20.8 Å². The molecule has 2 heterocycles. The van der Waals surface area contributed by atoms with E-state index in [0.717, 1.165) is 4.88 Å². The molecule has 6 heteroatoms. The highest BCUT2D eigenvalue weighted by atomic mass is 32.2. The Morgan fingerprint density at radius 2 is 2.10 bits per heavy atom. The molecule has 0 aliphatic carbocycles. The Hall–Kier alpha value is -0.430. The van der Waals surface area contributed by atoms with Crippen molar-refractivity contribution in [2.45, 2.75) is 38.7 Å². The van der Waals surface area contributed by atoms with Gasteiger partial charge in [-0.2, -0.15) is 0 Å². The molecule has 0 amide bonds. The molecule has 20 heavy (non-hydrogen) atoms. The number of sulfone groups is 1. The summed E-state index contributed by atoms with van der Waals surface area (Å²) >= 11 is 1.55. The Morgan fingerprint density at radius 1 is 1.45 bits per heavy atom. The zero-order valence-corrected chi connectivity index (χ0v) is 13.9. The number of hydrogen-bond donors (Lipinski definition) is 2. The number of hydrogen-bond acceptors (Lipinski definition) is 5. The van der Waals surface area contributed by atoms with Crippen LogP contribution in [0.3, 0.4) is 0 Å². The number of thiophene rings is 1. The van der Waals surface area contributed by atoms with E-state index in [2.05, 4.69) is 20.8 Å². The smallest absolute Gasteiger partial charge is 0.151 e. The second-order valence-electron chi connectivity index (χ2n) is 6.76. The largest absolute Gasteiger partial charge is 0.387 e. The van der Waals surface area contributed by atoms with Crippen LogP contribution in [0.5, 0.6) is 0 Å². The topological polar surface area (TPSA) is 80.4 Å². The van der Waals surface area contributed by atoms with Crippen LogP contribution in [0.1, 0.15) is 43.1 Å². The van der Waals surface area contributed by atoms with Crippen molar-refractivity contribution in [3.63, 3.8) is 0 Å². The fourth-order valence-electron chi connectivity index (χ4n) is 2.63. The monoisotopic (exact) mass is 317 g/mol. The molecular weight excluding hydrogens is 294 g/mol. The Labute approximate surface area is 124 Å². The van der Waals surface area contributed by atoms with Crippen molar-refractivity contribution in [3.05, 3.63) is 21.9 Å². The highest BCUT2D eigenvalue weighted by Gasteiger charge is 2.47. The molecule has 1 aliphatic heterocycles. The minimum Gasteiger partial charge on any atom is -0.387 e. The van der Waals surface area contributed by atoms with E-state index in [-0.39, 0.29) is 23.5 Å². The second-order valence-corrected chi connectivity index (χ2v) is 10.1. The molecule has 2 unspecified atom stereocenters. The Morgan fingerprint density at radius 3 is 2.50 bits per heavy atom. The number of rotatable bonds is 3. The van der Waals surface area contributed by atoms with Crippen molar-refractivity contribution >= 4 is 21.2 Å². The Bertz CT molecular complexity index is 586. The summed E-state index contributed by atoms with van der Waals surface area (Å²) in [6.45, 7) is 6.55. The predicted octanol–water partition coefficient (Wildman–Crippen LogP) is 1.84. The van der Waals surface area contributed by atoms with Crippen molar-refractivity contribution in [1.82, 2.24) is 0 Å². The van der Waals surface area contributed by atoms with Gasteiger partial charge in [0.25, 0.3) is 0 Å². The van der Waals surface area contributed by atoms with Crippen molar-refractivity contribution in [1.29, 1.82) is 0 Å². The fourth-order valence-corrected chi connectivity index (χ4v) is 5.99. The molecule has 3 N–H and O–H groups in total. The fraction of sp³-hybridized carbons (Fsp3) is 0.714. The molecule has 2 atom stereocenters. The van der Waals surface area contributed by atoms with Crippen LogP contribution >= 0.6 is 11.3 Å². The first-order valence-electron chi connectivity index (χ1n) is 6.78. The molecule has 1 saturated heterocycles. The maximum Gasteiger partial charge on any atom is 0.151 e. The molecule has 1 aromatic heterocycles. The third-order valence-corrected chi connectivity index (χ3v) is 7.44. The molecule has 0 aromatic carbocycles. The molecular formula is C14H23NO3S2. The van der Waals surface area contributed by atoms with Crippen LogP contribution in [0.4, 0.5) is 0 Å². The molecule has 1 aromatic rings. The molecule has 4 nitrogen and oxygen atoms in total. The Balaban J connectivity index is 2.31. The first-order valence-corrected chi connectivity index (χ1v) is 9.42. The quantitative estimate of drug-likeness (QED) is 0.891. The lowest BCUT2D eigenvalue weighted by molar-refractivity contribution is 0.0501. The minimum absolute atomic E-state index is 0.0135. The summed E-state index contributed by atoms with van der Waals surface area (Å²) in [5.41, 5.74) is 5.11. The van der Waals surface area contributed by atoms with Crippen LogP contribution in [0, 0.1) is 5.41 Å². The lowest BCUT2D eigenvalue weighted by Gasteiger charge is -2.31. The summed E-state index contributed by atoms with van der Waals surface area (Å²) < 4.78 is 23.5. The standard InChI is InChI=1S/C14H23NO3S2/c1-13(2,3)11-5-4-10(19-11)12(16)14(8-15)6-7-20(17,18)9-14/h4-5,12,16H,6-9,15H2,1-3H3. The van der Waals surface area contributed by atoms with Gasteiger partial charge in [-0.3, -0.25) is 0 Å². The van der Waals surface area contributed by atoms with Crippen LogP contribution in [0.15, 0.2) is 12.1 Å². The van der Waals surface area contributed by atoms with E-state index in [4.69, 9.17) is 5.73 Å². The molecule has 0 radical (unpaired) electrons. The van der Waals surface area contributed by atoms with Crippen LogP contribution in [0.2, 0.25) is 0 Å². The molecule has 114 valence electrons. The zero-order chi connectivity index (χ0) is 15.2. The van der Waals surface area contributed by atoms with Crippen molar-refractivity contribution in [3.8, 4) is 0 Å². The summed E-state index contributed by atoms with van der Waals surface area (Å²) in [5, 5.41) is 10.6. The van der Waals surface area contributed by atoms with Gasteiger partial charge in [0.2, 0.25) is 0 Å². The van der Waals surface area contributed by atoms with Crippen molar-refractivity contribution in [2.24, 2.45) is 11.1 Å². The lowest BCUT2D eigenvalue weighted by atomic mass is 9.81. The van der Waals surface area contributed by atoms with E-state index in [1.807, 2.05) is 12.1 Å². The summed E-state index contributed by atoms with van der Waals surface area (Å²) in [6, 6.07) is 3.91. The van der Waals surface area contributed by atoms with Crippen molar-refractivity contribution in [2.75, 3.05) is 18.1 Å².